The number of thiazole rings is 1. The van der Waals surface area contributed by atoms with E-state index >= 15 is 0 Å². The summed E-state index contributed by atoms with van der Waals surface area (Å²) in [5.74, 6) is 0.0996. The summed E-state index contributed by atoms with van der Waals surface area (Å²) in [6, 6.07) is 20.4. The zero-order chi connectivity index (χ0) is 30.2. The smallest absolute Gasteiger partial charge is 0.338 e. The fourth-order valence-corrected chi connectivity index (χ4v) is 6.32. The average molecular weight is 595 g/mol. The van der Waals surface area contributed by atoms with Crippen LogP contribution in [-0.2, 0) is 9.53 Å². The van der Waals surface area contributed by atoms with Crippen LogP contribution in [0.25, 0.3) is 28.2 Å². The quantitative estimate of drug-likeness (QED) is 0.266. The number of rotatable bonds is 7. The first-order chi connectivity index (χ1) is 20.8. The van der Waals surface area contributed by atoms with Crippen molar-refractivity contribution in [2.45, 2.75) is 19.9 Å². The molecule has 2 aromatic heterocycles. The van der Waals surface area contributed by atoms with Gasteiger partial charge in [0, 0.05) is 17.0 Å². The monoisotopic (exact) mass is 594 g/mol. The molecule has 3 heterocycles. The molecule has 10 heteroatoms. The Balaban J connectivity index is 1.50. The molecule has 0 fully saturated rings. The lowest BCUT2D eigenvalue weighted by Gasteiger charge is -2.26. The summed E-state index contributed by atoms with van der Waals surface area (Å²) in [5.41, 5.74) is 2.06. The van der Waals surface area contributed by atoms with Gasteiger partial charge in [-0.2, -0.15) is 0 Å². The maximum atomic E-state index is 14.1. The van der Waals surface area contributed by atoms with Crippen molar-refractivity contribution in [1.29, 1.82) is 0 Å². The Morgan fingerprint density at radius 1 is 1.05 bits per heavy atom. The largest absolute Gasteiger partial charge is 0.496 e. The first-order valence-electron chi connectivity index (χ1n) is 13.5. The van der Waals surface area contributed by atoms with E-state index in [0.717, 1.165) is 16.3 Å². The molecule has 3 aromatic carbocycles. The molecule has 43 heavy (non-hydrogen) atoms. The average Bonchev–Trinajstić information content (AvgIpc) is 3.60. The van der Waals surface area contributed by atoms with Gasteiger partial charge in [-0.25, -0.2) is 14.6 Å². The number of esters is 1. The maximum absolute atomic E-state index is 14.1. The minimum Gasteiger partial charge on any atom is -0.496 e. The second kappa shape index (κ2) is 11.2. The molecule has 0 spiro atoms. The van der Waals surface area contributed by atoms with E-state index in [1.54, 1.807) is 55.9 Å². The molecule has 0 radical (unpaired) electrons. The molecule has 0 aliphatic carbocycles. The molecule has 0 saturated carbocycles. The van der Waals surface area contributed by atoms with Crippen LogP contribution in [0.2, 0.25) is 0 Å². The van der Waals surface area contributed by atoms with Crippen molar-refractivity contribution in [3.63, 3.8) is 0 Å². The minimum absolute atomic E-state index is 0.174. The van der Waals surface area contributed by atoms with E-state index in [1.807, 2.05) is 36.4 Å². The number of aromatic nitrogens is 1. The zero-order valence-electron chi connectivity index (χ0n) is 23.5. The van der Waals surface area contributed by atoms with Crippen LogP contribution in [0.5, 0.6) is 5.75 Å². The van der Waals surface area contributed by atoms with E-state index < -0.39 is 18.0 Å². The van der Waals surface area contributed by atoms with E-state index in [9.17, 15) is 14.4 Å². The van der Waals surface area contributed by atoms with Crippen molar-refractivity contribution in [1.82, 2.24) is 4.57 Å². The van der Waals surface area contributed by atoms with Crippen LogP contribution in [0.4, 0.5) is 0 Å². The molecular formula is C33H26N2O7S. The van der Waals surface area contributed by atoms with Crippen LogP contribution < -0.4 is 19.6 Å². The highest BCUT2D eigenvalue weighted by atomic mass is 32.1. The molecular weight excluding hydrogens is 568 g/mol. The van der Waals surface area contributed by atoms with E-state index in [0.29, 0.717) is 43.4 Å². The van der Waals surface area contributed by atoms with E-state index in [-0.39, 0.29) is 17.7 Å². The van der Waals surface area contributed by atoms with Gasteiger partial charge in [-0.05, 0) is 55.1 Å². The lowest BCUT2D eigenvalue weighted by atomic mass is 9.91. The molecule has 1 atom stereocenters. The number of methoxy groups -OCH3 is 1. The van der Waals surface area contributed by atoms with Crippen LogP contribution in [0, 0.1) is 0 Å². The first-order valence-corrected chi connectivity index (χ1v) is 14.3. The summed E-state index contributed by atoms with van der Waals surface area (Å²) in [4.78, 5) is 43.7. The van der Waals surface area contributed by atoms with Crippen molar-refractivity contribution < 1.29 is 28.6 Å². The zero-order valence-corrected chi connectivity index (χ0v) is 24.3. The van der Waals surface area contributed by atoms with Crippen LogP contribution >= 0.6 is 11.3 Å². The summed E-state index contributed by atoms with van der Waals surface area (Å²) >= 11 is 1.20. The molecule has 0 saturated heterocycles. The predicted molar refractivity (Wildman–Crippen MR) is 162 cm³/mol. The maximum Gasteiger partial charge on any atom is 0.338 e. The fraction of sp³-hybridized carbons (Fsp3) is 0.152. The lowest BCUT2D eigenvalue weighted by Crippen LogP contribution is -2.40. The Bertz CT molecular complexity index is 2120. The van der Waals surface area contributed by atoms with Crippen LogP contribution in [0.1, 0.15) is 41.6 Å². The highest BCUT2D eigenvalue weighted by molar-refractivity contribution is 7.07. The summed E-state index contributed by atoms with van der Waals surface area (Å²) < 4.78 is 18.9. The third-order valence-corrected chi connectivity index (χ3v) is 8.25. The Hall–Kier alpha value is -5.22. The van der Waals surface area contributed by atoms with Gasteiger partial charge in [0.15, 0.2) is 4.80 Å². The highest BCUT2D eigenvalue weighted by Gasteiger charge is 2.34. The molecule has 1 aliphatic heterocycles. The van der Waals surface area contributed by atoms with Gasteiger partial charge in [0.1, 0.15) is 17.3 Å². The fourth-order valence-electron chi connectivity index (χ4n) is 5.29. The van der Waals surface area contributed by atoms with E-state index in [1.165, 1.54) is 23.5 Å². The van der Waals surface area contributed by atoms with Crippen LogP contribution in [-0.4, -0.2) is 35.3 Å². The van der Waals surface area contributed by atoms with Gasteiger partial charge in [0.05, 0.1) is 41.1 Å². The highest BCUT2D eigenvalue weighted by Crippen LogP contribution is 2.38. The van der Waals surface area contributed by atoms with Gasteiger partial charge < -0.3 is 19.0 Å². The molecule has 5 aromatic rings. The lowest BCUT2D eigenvalue weighted by molar-refractivity contribution is -0.139. The number of allylic oxidation sites excluding steroid dienone is 1. The van der Waals surface area contributed by atoms with Gasteiger partial charge >= 0.3 is 11.9 Å². The number of aromatic carboxylic acids is 1. The van der Waals surface area contributed by atoms with Crippen molar-refractivity contribution in [3.05, 3.63) is 121 Å². The van der Waals surface area contributed by atoms with Gasteiger partial charge in [0.25, 0.3) is 5.56 Å². The summed E-state index contributed by atoms with van der Waals surface area (Å²) in [5, 5.41) is 10.9. The molecule has 9 nitrogen and oxygen atoms in total. The SMILES string of the molecule is CCOC(=O)C1=C(C)N=c2s/c(=C/c3ccc(-c4ccc(C(=O)O)cc4)o3)c(=O)n2C1c1ccc(OC)c2ccccc12. The first kappa shape index (κ1) is 27.9. The minimum atomic E-state index is -1.01. The van der Waals surface area contributed by atoms with Crippen molar-refractivity contribution in [2.24, 2.45) is 4.99 Å². The van der Waals surface area contributed by atoms with Crippen molar-refractivity contribution >= 4 is 40.1 Å². The molecule has 1 unspecified atom stereocenters. The molecule has 6 rings (SSSR count). The summed E-state index contributed by atoms with van der Waals surface area (Å²) in [6.45, 7) is 3.66. The molecule has 0 amide bonds. The topological polar surface area (TPSA) is 120 Å². The number of carbonyl (C=O) groups is 2. The van der Waals surface area contributed by atoms with Gasteiger partial charge in [0.2, 0.25) is 0 Å². The number of furan rings is 1. The number of nitrogens with zero attached hydrogens (tertiary/aromatic N) is 2. The van der Waals surface area contributed by atoms with E-state index in [2.05, 4.69) is 4.99 Å². The van der Waals surface area contributed by atoms with Crippen molar-refractivity contribution in [3.8, 4) is 17.1 Å². The van der Waals surface area contributed by atoms with Gasteiger partial charge in [-0.15, -0.1) is 0 Å². The van der Waals surface area contributed by atoms with E-state index in [4.69, 9.17) is 19.0 Å². The number of carboxylic acid groups (broad SMARTS) is 1. The normalized spacial score (nSPS) is 14.9. The molecule has 216 valence electrons. The standard InChI is InChI=1S/C33H26N2O7S/c1-4-41-32(39)28-18(2)34-33-35(29(28)24-14-16-26(40-3)23-8-6-5-7-22(23)24)30(36)27(43-33)17-21-13-15-25(42-21)19-9-11-20(12-10-19)31(37)38/h5-17,29H,4H2,1-3H3,(H,37,38)/b27-17+. The third-order valence-electron chi connectivity index (χ3n) is 7.27. The Morgan fingerprint density at radius 2 is 1.79 bits per heavy atom. The van der Waals surface area contributed by atoms with Crippen LogP contribution in [0.15, 0.2) is 98.3 Å². The van der Waals surface area contributed by atoms with Gasteiger partial charge in [-0.3, -0.25) is 9.36 Å². The Morgan fingerprint density at radius 3 is 2.49 bits per heavy atom. The van der Waals surface area contributed by atoms with Crippen molar-refractivity contribution in [2.75, 3.05) is 13.7 Å². The number of benzene rings is 3. The van der Waals surface area contributed by atoms with Crippen LogP contribution in [0.3, 0.4) is 0 Å². The number of hydrogen-bond donors (Lipinski definition) is 1. The second-order valence-corrected chi connectivity index (χ2v) is 10.8. The number of fused-ring (bicyclic) bond motifs is 2. The molecule has 0 bridgehead atoms. The number of ether oxygens (including phenoxy) is 2. The van der Waals surface area contributed by atoms with Gasteiger partial charge in [-0.1, -0.05) is 53.8 Å². The number of carboxylic acids is 1. The Labute approximate surface area is 249 Å². The Kier molecular flexibility index (Phi) is 7.29. The number of hydrogen-bond acceptors (Lipinski definition) is 8. The molecule has 1 aliphatic rings. The summed E-state index contributed by atoms with van der Waals surface area (Å²) in [6.07, 6.45) is 1.64. The summed E-state index contributed by atoms with van der Waals surface area (Å²) in [7, 11) is 1.60. The second-order valence-electron chi connectivity index (χ2n) is 9.79. The molecule has 1 N–H and O–H groups in total. The third kappa shape index (κ3) is 4.95. The number of carbonyl (C=O) groups excluding carboxylic acids is 1. The predicted octanol–water partition coefficient (Wildman–Crippen LogP) is 4.92.